The Balaban J connectivity index is 2.75. The third-order valence-electron chi connectivity index (χ3n) is 1.71. The maximum absolute atomic E-state index is 11.0. The zero-order chi connectivity index (χ0) is 10.1. The largest absolute Gasteiger partial charge is 0.361 e. The Kier molecular flexibility index (Phi) is 2.72. The molecule has 0 aliphatic heterocycles. The molecule has 0 aliphatic rings. The number of aryl methyl sites for hydroxylation is 2. The van der Waals surface area contributed by atoms with E-state index in [9.17, 15) is 4.21 Å². The van der Waals surface area contributed by atoms with E-state index in [1.807, 2.05) is 6.92 Å². The number of nitrogens with zero attached hydrogens (tertiary/aromatic N) is 1. The van der Waals surface area contributed by atoms with Crippen LogP contribution < -0.4 is 4.72 Å². The second kappa shape index (κ2) is 3.47. The van der Waals surface area contributed by atoms with Crippen molar-refractivity contribution in [2.45, 2.75) is 20.4 Å². The Morgan fingerprint density at radius 1 is 1.62 bits per heavy atom. The van der Waals surface area contributed by atoms with E-state index in [1.54, 1.807) is 6.92 Å². The molecule has 1 rings (SSSR count). The Morgan fingerprint density at radius 3 is 2.62 bits per heavy atom. The first-order valence-electron chi connectivity index (χ1n) is 3.80. The van der Waals surface area contributed by atoms with Crippen molar-refractivity contribution in [3.63, 3.8) is 0 Å². The van der Waals surface area contributed by atoms with E-state index in [2.05, 4.69) is 9.88 Å². The van der Waals surface area contributed by atoms with Crippen LogP contribution in [0.1, 0.15) is 17.0 Å². The topological polar surface area (TPSA) is 79.0 Å². The van der Waals surface area contributed by atoms with Gasteiger partial charge in [-0.15, -0.1) is 0 Å². The Labute approximate surface area is 77.6 Å². The molecule has 1 unspecified atom stereocenters. The van der Waals surface area contributed by atoms with Crippen molar-refractivity contribution in [1.82, 2.24) is 9.88 Å². The minimum absolute atomic E-state index is 0.361. The molecule has 13 heavy (non-hydrogen) atoms. The Hall–Kier alpha value is -0.880. The van der Waals surface area contributed by atoms with Gasteiger partial charge in [0, 0.05) is 18.4 Å². The number of hydrogen-bond donors (Lipinski definition) is 2. The van der Waals surface area contributed by atoms with Gasteiger partial charge in [-0.2, -0.15) is 0 Å². The van der Waals surface area contributed by atoms with Gasteiger partial charge >= 0.3 is 0 Å². The highest BCUT2D eigenvalue weighted by Gasteiger charge is 2.09. The summed E-state index contributed by atoms with van der Waals surface area (Å²) in [5.41, 5.74) is 1.65. The van der Waals surface area contributed by atoms with Gasteiger partial charge in [0.1, 0.15) is 15.7 Å². The molecule has 2 N–H and O–H groups in total. The van der Waals surface area contributed by atoms with Crippen LogP contribution in [0.15, 0.2) is 4.52 Å². The van der Waals surface area contributed by atoms with Crippen molar-refractivity contribution in [3.05, 3.63) is 17.0 Å². The second-order valence-corrected chi connectivity index (χ2v) is 4.94. The van der Waals surface area contributed by atoms with Crippen LogP contribution >= 0.6 is 0 Å². The summed E-state index contributed by atoms with van der Waals surface area (Å²) in [6, 6.07) is 0. The van der Waals surface area contributed by atoms with E-state index in [4.69, 9.17) is 9.30 Å². The summed E-state index contributed by atoms with van der Waals surface area (Å²) in [5, 5.41) is 3.75. The van der Waals surface area contributed by atoms with Crippen molar-refractivity contribution in [2.24, 2.45) is 0 Å². The molecule has 1 heterocycles. The van der Waals surface area contributed by atoms with E-state index in [-0.39, 0.29) is 0 Å². The summed E-state index contributed by atoms with van der Waals surface area (Å²) in [5.74, 6) is 0.702. The standard InChI is InChI=1S/C7H13N3O2S/c1-5-7(6(2)12-10-5)4-9-13(3,8)11/h4H2,1-3H3,(H2,8,9,11). The number of aromatic nitrogens is 1. The molecule has 1 aromatic rings. The molecular weight excluding hydrogens is 190 g/mol. The lowest BCUT2D eigenvalue weighted by Gasteiger charge is -2.02. The lowest BCUT2D eigenvalue weighted by atomic mass is 10.2. The highest BCUT2D eigenvalue weighted by atomic mass is 32.2. The molecule has 0 aromatic carbocycles. The van der Waals surface area contributed by atoms with Crippen LogP contribution in [0.5, 0.6) is 0 Å². The van der Waals surface area contributed by atoms with Crippen LogP contribution in [-0.2, 0) is 16.5 Å². The van der Waals surface area contributed by atoms with Gasteiger partial charge in [0.2, 0.25) is 0 Å². The predicted molar refractivity (Wildman–Crippen MR) is 49.6 cm³/mol. The fraction of sp³-hybridized carbons (Fsp3) is 0.571. The molecule has 0 fully saturated rings. The summed E-state index contributed by atoms with van der Waals surface area (Å²) in [6.07, 6.45) is 1.34. The van der Waals surface area contributed by atoms with Crippen LogP contribution in [0.25, 0.3) is 0 Å². The van der Waals surface area contributed by atoms with Crippen LogP contribution in [0.4, 0.5) is 0 Å². The predicted octanol–water partition coefficient (Wildman–Crippen LogP) is 0.973. The quantitative estimate of drug-likeness (QED) is 0.768. The maximum Gasteiger partial charge on any atom is 0.138 e. The van der Waals surface area contributed by atoms with Crippen molar-refractivity contribution in [2.75, 3.05) is 6.26 Å². The molecule has 0 saturated carbocycles. The van der Waals surface area contributed by atoms with Gasteiger partial charge in [0.25, 0.3) is 0 Å². The minimum Gasteiger partial charge on any atom is -0.361 e. The minimum atomic E-state index is -2.65. The van der Waals surface area contributed by atoms with Crippen LogP contribution in [0, 0.1) is 18.6 Å². The van der Waals surface area contributed by atoms with Crippen molar-refractivity contribution in [3.8, 4) is 0 Å². The van der Waals surface area contributed by atoms with E-state index in [0.717, 1.165) is 11.3 Å². The highest BCUT2D eigenvalue weighted by Crippen LogP contribution is 2.11. The van der Waals surface area contributed by atoms with Crippen LogP contribution in [0.3, 0.4) is 0 Å². The average Bonchev–Trinajstić information content (AvgIpc) is 2.27. The van der Waals surface area contributed by atoms with E-state index < -0.39 is 9.92 Å². The zero-order valence-electron chi connectivity index (χ0n) is 7.88. The van der Waals surface area contributed by atoms with E-state index in [1.165, 1.54) is 6.26 Å². The molecular formula is C7H13N3O2S. The lowest BCUT2D eigenvalue weighted by molar-refractivity contribution is 0.392. The number of nitrogens with one attached hydrogen (secondary N) is 2. The van der Waals surface area contributed by atoms with Gasteiger partial charge in [-0.05, 0) is 13.8 Å². The van der Waals surface area contributed by atoms with E-state index in [0.29, 0.717) is 12.3 Å². The molecule has 74 valence electrons. The second-order valence-electron chi connectivity index (χ2n) is 2.97. The third-order valence-corrected chi connectivity index (χ3v) is 2.40. The highest BCUT2D eigenvalue weighted by molar-refractivity contribution is 7.89. The molecule has 1 aromatic heterocycles. The molecule has 1 atom stereocenters. The molecule has 0 saturated heterocycles. The zero-order valence-corrected chi connectivity index (χ0v) is 8.70. The van der Waals surface area contributed by atoms with Crippen LogP contribution in [0.2, 0.25) is 0 Å². The number of hydrogen-bond acceptors (Lipinski definition) is 4. The molecule has 0 amide bonds. The van der Waals surface area contributed by atoms with Gasteiger partial charge in [-0.3, -0.25) is 0 Å². The molecule has 0 spiro atoms. The summed E-state index contributed by atoms with van der Waals surface area (Å²) < 4.78 is 25.7. The van der Waals surface area contributed by atoms with Crippen LogP contribution in [-0.4, -0.2) is 15.6 Å². The van der Waals surface area contributed by atoms with Crippen molar-refractivity contribution < 1.29 is 8.73 Å². The first kappa shape index (κ1) is 10.2. The summed E-state index contributed by atoms with van der Waals surface area (Å²) >= 11 is 0. The fourth-order valence-electron chi connectivity index (χ4n) is 0.964. The first-order valence-corrected chi connectivity index (χ1v) is 5.77. The molecule has 5 nitrogen and oxygen atoms in total. The fourth-order valence-corrected chi connectivity index (χ4v) is 1.38. The summed E-state index contributed by atoms with van der Waals surface area (Å²) in [7, 11) is -2.65. The SMILES string of the molecule is Cc1noc(C)c1CNS(C)(=N)=O. The summed E-state index contributed by atoms with van der Waals surface area (Å²) in [4.78, 5) is 0. The van der Waals surface area contributed by atoms with Gasteiger partial charge in [-0.25, -0.2) is 13.7 Å². The molecule has 0 radical (unpaired) electrons. The lowest BCUT2D eigenvalue weighted by Crippen LogP contribution is -2.20. The Morgan fingerprint density at radius 2 is 2.23 bits per heavy atom. The van der Waals surface area contributed by atoms with Crippen molar-refractivity contribution in [1.29, 1.82) is 4.78 Å². The first-order chi connectivity index (χ1) is 5.90. The monoisotopic (exact) mass is 203 g/mol. The van der Waals surface area contributed by atoms with Gasteiger partial charge in [0.15, 0.2) is 0 Å². The Bertz CT molecular complexity index is 374. The van der Waals surface area contributed by atoms with Gasteiger partial charge < -0.3 is 4.52 Å². The van der Waals surface area contributed by atoms with E-state index >= 15 is 0 Å². The van der Waals surface area contributed by atoms with Crippen molar-refractivity contribution >= 4 is 9.92 Å². The molecule has 6 heteroatoms. The summed E-state index contributed by atoms with van der Waals surface area (Å²) in [6.45, 7) is 3.97. The van der Waals surface area contributed by atoms with Gasteiger partial charge in [-0.1, -0.05) is 5.16 Å². The molecule has 0 aliphatic carbocycles. The maximum atomic E-state index is 11.0. The third kappa shape index (κ3) is 2.82. The number of rotatable bonds is 3. The van der Waals surface area contributed by atoms with Gasteiger partial charge in [0.05, 0.1) is 5.69 Å². The molecule has 0 bridgehead atoms. The smallest absolute Gasteiger partial charge is 0.138 e. The average molecular weight is 203 g/mol. The normalized spacial score (nSPS) is 15.6.